The highest BCUT2D eigenvalue weighted by Crippen LogP contribution is 2.24. The van der Waals surface area contributed by atoms with Crippen LogP contribution in [0, 0.1) is 5.82 Å². The lowest BCUT2D eigenvalue weighted by atomic mass is 10.0. The van der Waals surface area contributed by atoms with Crippen molar-refractivity contribution in [1.29, 1.82) is 0 Å². The van der Waals surface area contributed by atoms with E-state index in [1.165, 1.54) is 17.5 Å². The molecule has 0 aliphatic heterocycles. The summed E-state index contributed by atoms with van der Waals surface area (Å²) < 4.78 is 14.1. The van der Waals surface area contributed by atoms with Gasteiger partial charge in [0.1, 0.15) is 5.82 Å². The van der Waals surface area contributed by atoms with Gasteiger partial charge in [0.25, 0.3) is 0 Å². The Kier molecular flexibility index (Phi) is 6.76. The van der Waals surface area contributed by atoms with Crippen LogP contribution in [-0.4, -0.2) is 21.9 Å². The minimum absolute atomic E-state index is 0.161. The van der Waals surface area contributed by atoms with Gasteiger partial charge in [0.15, 0.2) is 0 Å². The van der Waals surface area contributed by atoms with E-state index in [2.05, 4.69) is 20.6 Å². The fraction of sp³-hybridized carbons (Fsp3) is 0.125. The molecule has 2 aromatic heterocycles. The minimum atomic E-state index is -0.453. The SMILES string of the molecule is O=C(Nc1cccc(-c2ccncc2F)c1)[C@H](Cc1ccccc1)NCc1cscn1. The molecular weight excluding hydrogens is 411 g/mol. The number of thiazole rings is 1. The van der Waals surface area contributed by atoms with Crippen molar-refractivity contribution >= 4 is 22.9 Å². The molecule has 0 saturated heterocycles. The normalized spacial score (nSPS) is 11.8. The van der Waals surface area contributed by atoms with E-state index in [1.54, 1.807) is 42.0 Å². The maximum absolute atomic E-state index is 14.1. The summed E-state index contributed by atoms with van der Waals surface area (Å²) >= 11 is 1.52. The Morgan fingerprint density at radius 1 is 1.10 bits per heavy atom. The molecule has 0 fully saturated rings. The van der Waals surface area contributed by atoms with Crippen LogP contribution in [0.3, 0.4) is 0 Å². The molecule has 1 atom stereocenters. The van der Waals surface area contributed by atoms with Gasteiger partial charge in [-0.05, 0) is 35.7 Å². The number of carbonyl (C=O) groups is 1. The van der Waals surface area contributed by atoms with E-state index < -0.39 is 11.9 Å². The Labute approximate surface area is 184 Å². The molecule has 1 amide bonds. The number of hydrogen-bond acceptors (Lipinski definition) is 5. The van der Waals surface area contributed by atoms with Gasteiger partial charge < -0.3 is 5.32 Å². The van der Waals surface area contributed by atoms with Gasteiger partial charge >= 0.3 is 0 Å². The van der Waals surface area contributed by atoms with Crippen LogP contribution in [0.1, 0.15) is 11.3 Å². The summed E-state index contributed by atoms with van der Waals surface area (Å²) in [6, 6.07) is 18.2. The zero-order chi connectivity index (χ0) is 21.5. The average molecular weight is 433 g/mol. The number of benzene rings is 2. The lowest BCUT2D eigenvalue weighted by Gasteiger charge is -2.19. The quantitative estimate of drug-likeness (QED) is 0.424. The van der Waals surface area contributed by atoms with Crippen LogP contribution in [0.4, 0.5) is 10.1 Å². The van der Waals surface area contributed by atoms with Gasteiger partial charge in [-0.15, -0.1) is 11.3 Å². The van der Waals surface area contributed by atoms with Crippen molar-refractivity contribution in [3.8, 4) is 11.1 Å². The maximum atomic E-state index is 14.1. The Balaban J connectivity index is 1.51. The van der Waals surface area contributed by atoms with E-state index in [9.17, 15) is 9.18 Å². The molecule has 0 unspecified atom stereocenters. The number of halogens is 1. The van der Waals surface area contributed by atoms with Crippen molar-refractivity contribution in [1.82, 2.24) is 15.3 Å². The molecule has 0 saturated carbocycles. The molecule has 0 aliphatic rings. The molecule has 7 heteroatoms. The Hall–Kier alpha value is -3.42. The molecule has 5 nitrogen and oxygen atoms in total. The minimum Gasteiger partial charge on any atom is -0.325 e. The molecule has 4 aromatic rings. The van der Waals surface area contributed by atoms with Crippen LogP contribution in [0.15, 0.2) is 83.9 Å². The van der Waals surface area contributed by atoms with Gasteiger partial charge in [-0.25, -0.2) is 9.37 Å². The topological polar surface area (TPSA) is 66.9 Å². The highest BCUT2D eigenvalue weighted by atomic mass is 32.1. The number of aromatic nitrogens is 2. The molecule has 0 radical (unpaired) electrons. The van der Waals surface area contributed by atoms with Crippen molar-refractivity contribution < 1.29 is 9.18 Å². The third-order valence-electron chi connectivity index (χ3n) is 4.83. The number of hydrogen-bond donors (Lipinski definition) is 2. The third kappa shape index (κ3) is 5.59. The third-order valence-corrected chi connectivity index (χ3v) is 5.46. The van der Waals surface area contributed by atoms with E-state index in [1.807, 2.05) is 35.7 Å². The van der Waals surface area contributed by atoms with Gasteiger partial charge in [-0.3, -0.25) is 15.1 Å². The first-order valence-corrected chi connectivity index (χ1v) is 10.8. The van der Waals surface area contributed by atoms with E-state index in [4.69, 9.17) is 0 Å². The van der Waals surface area contributed by atoms with Crippen LogP contribution in [0.2, 0.25) is 0 Å². The van der Waals surface area contributed by atoms with Crippen molar-refractivity contribution in [3.05, 3.63) is 101 Å². The first-order valence-electron chi connectivity index (χ1n) is 9.84. The maximum Gasteiger partial charge on any atom is 0.241 e. The summed E-state index contributed by atoms with van der Waals surface area (Å²) in [6.45, 7) is 0.497. The second kappa shape index (κ2) is 10.1. The first kappa shape index (κ1) is 20.8. The zero-order valence-electron chi connectivity index (χ0n) is 16.7. The zero-order valence-corrected chi connectivity index (χ0v) is 17.5. The van der Waals surface area contributed by atoms with Crippen molar-refractivity contribution in [2.24, 2.45) is 0 Å². The molecule has 0 spiro atoms. The fourth-order valence-corrected chi connectivity index (χ4v) is 3.82. The second-order valence-corrected chi connectivity index (χ2v) is 7.75. The molecule has 0 bridgehead atoms. The number of anilines is 1. The number of nitrogens with one attached hydrogen (secondary N) is 2. The predicted molar refractivity (Wildman–Crippen MR) is 121 cm³/mol. The number of pyridine rings is 1. The Morgan fingerprint density at radius 2 is 1.97 bits per heavy atom. The molecule has 2 heterocycles. The smallest absolute Gasteiger partial charge is 0.241 e. The lowest BCUT2D eigenvalue weighted by molar-refractivity contribution is -0.118. The molecule has 4 rings (SSSR count). The molecular formula is C24H21FN4OS. The number of rotatable bonds is 8. The first-order chi connectivity index (χ1) is 15.2. The second-order valence-electron chi connectivity index (χ2n) is 7.03. The van der Waals surface area contributed by atoms with E-state index >= 15 is 0 Å². The Morgan fingerprint density at radius 3 is 2.74 bits per heavy atom. The highest BCUT2D eigenvalue weighted by Gasteiger charge is 2.19. The largest absolute Gasteiger partial charge is 0.325 e. The number of carbonyl (C=O) groups excluding carboxylic acids is 1. The predicted octanol–water partition coefficient (Wildman–Crippen LogP) is 4.68. The molecule has 0 aliphatic carbocycles. The van der Waals surface area contributed by atoms with Gasteiger partial charge in [0.2, 0.25) is 5.91 Å². The van der Waals surface area contributed by atoms with Gasteiger partial charge in [-0.2, -0.15) is 0 Å². The summed E-state index contributed by atoms with van der Waals surface area (Å²) in [7, 11) is 0. The van der Waals surface area contributed by atoms with Crippen LogP contribution in [0.25, 0.3) is 11.1 Å². The molecule has 156 valence electrons. The van der Waals surface area contributed by atoms with Gasteiger partial charge in [-0.1, -0.05) is 42.5 Å². The summed E-state index contributed by atoms with van der Waals surface area (Å²) in [6.07, 6.45) is 3.26. The van der Waals surface area contributed by atoms with Crippen LogP contribution in [0.5, 0.6) is 0 Å². The van der Waals surface area contributed by atoms with Crippen molar-refractivity contribution in [3.63, 3.8) is 0 Å². The van der Waals surface area contributed by atoms with Crippen molar-refractivity contribution in [2.45, 2.75) is 19.0 Å². The van der Waals surface area contributed by atoms with Gasteiger partial charge in [0.05, 0.1) is 23.4 Å². The number of amides is 1. The van der Waals surface area contributed by atoms with E-state index in [0.717, 1.165) is 11.3 Å². The van der Waals surface area contributed by atoms with E-state index in [-0.39, 0.29) is 5.91 Å². The van der Waals surface area contributed by atoms with Crippen LogP contribution < -0.4 is 10.6 Å². The summed E-state index contributed by atoms with van der Waals surface area (Å²) in [4.78, 5) is 21.2. The van der Waals surface area contributed by atoms with E-state index in [0.29, 0.717) is 29.8 Å². The number of nitrogens with zero attached hydrogens (tertiary/aromatic N) is 2. The fourth-order valence-electron chi connectivity index (χ4n) is 3.26. The summed E-state index contributed by atoms with van der Waals surface area (Å²) in [5.41, 5.74) is 5.44. The highest BCUT2D eigenvalue weighted by molar-refractivity contribution is 7.07. The summed E-state index contributed by atoms with van der Waals surface area (Å²) in [5, 5.41) is 8.23. The van der Waals surface area contributed by atoms with Crippen molar-refractivity contribution in [2.75, 3.05) is 5.32 Å². The summed E-state index contributed by atoms with van der Waals surface area (Å²) in [5.74, 6) is -0.565. The Bertz CT molecular complexity index is 1140. The standard InChI is InChI=1S/C24H21FN4OS/c25-22-14-26-10-9-21(22)18-7-4-8-19(12-18)29-24(30)23(11-17-5-2-1-3-6-17)27-13-20-15-31-16-28-20/h1-10,12,14-16,23,27H,11,13H2,(H,29,30)/t23-/m0/s1. The van der Waals surface area contributed by atoms with Crippen LogP contribution in [-0.2, 0) is 17.8 Å². The molecule has 2 aromatic carbocycles. The molecule has 31 heavy (non-hydrogen) atoms. The molecule has 2 N–H and O–H groups in total. The lowest BCUT2D eigenvalue weighted by Crippen LogP contribution is -2.41. The van der Waals surface area contributed by atoms with Crippen LogP contribution >= 0.6 is 11.3 Å². The average Bonchev–Trinajstić information content (AvgIpc) is 3.31. The monoisotopic (exact) mass is 432 g/mol. The van der Waals surface area contributed by atoms with Gasteiger partial charge in [0, 0.05) is 29.4 Å².